The molecule has 4 rings (SSSR count). The lowest BCUT2D eigenvalue weighted by molar-refractivity contribution is -0.139. The van der Waals surface area contributed by atoms with Crippen LogP contribution in [0.1, 0.15) is 22.6 Å². The molecule has 0 heterocycles. The first kappa shape index (κ1) is 22.7. The van der Waals surface area contributed by atoms with Crippen molar-refractivity contribution in [2.24, 2.45) is 0 Å². The minimum Gasteiger partial charge on any atom is -0.480 e. The number of amides is 1. The predicted octanol–water partition coefficient (Wildman–Crippen LogP) is 4.94. The molecule has 1 aliphatic rings. The first-order valence-corrected chi connectivity index (χ1v) is 11.0. The molecular weight excluding hydrogens is 440 g/mol. The Kier molecular flexibility index (Phi) is 6.56. The lowest BCUT2D eigenvalue weighted by atomic mass is 9.98. The van der Waals surface area contributed by atoms with Crippen LogP contribution in [0.4, 0.5) is 10.5 Å². The van der Waals surface area contributed by atoms with Crippen LogP contribution in [0.25, 0.3) is 11.1 Å². The third-order valence-electron chi connectivity index (χ3n) is 5.88. The minimum absolute atomic E-state index is 0.0770. The fourth-order valence-electron chi connectivity index (χ4n) is 4.36. The van der Waals surface area contributed by atoms with Crippen molar-refractivity contribution in [1.29, 1.82) is 0 Å². The summed E-state index contributed by atoms with van der Waals surface area (Å²) in [6.07, 6.45) is -0.689. The molecule has 1 aliphatic carbocycles. The summed E-state index contributed by atoms with van der Waals surface area (Å²) in [6.45, 7) is 0.117. The molecule has 33 heavy (non-hydrogen) atoms. The number of carbonyl (C=O) groups is 2. The summed E-state index contributed by atoms with van der Waals surface area (Å²) in [7, 11) is 3.73. The molecule has 0 aromatic heterocycles. The number of benzene rings is 3. The lowest BCUT2D eigenvalue weighted by Gasteiger charge is -2.21. The highest BCUT2D eigenvalue weighted by Gasteiger charge is 2.30. The zero-order valence-electron chi connectivity index (χ0n) is 18.4. The van der Waals surface area contributed by atoms with Crippen LogP contribution in [0.5, 0.6) is 0 Å². The van der Waals surface area contributed by atoms with E-state index in [4.69, 9.17) is 16.3 Å². The highest BCUT2D eigenvalue weighted by molar-refractivity contribution is 6.30. The van der Waals surface area contributed by atoms with Crippen LogP contribution in [-0.4, -0.2) is 43.9 Å². The smallest absolute Gasteiger partial charge is 0.407 e. The zero-order valence-corrected chi connectivity index (χ0v) is 19.2. The number of carboxylic acids is 1. The number of carbonyl (C=O) groups excluding carboxylic acids is 1. The maximum Gasteiger partial charge on any atom is 0.407 e. The van der Waals surface area contributed by atoms with E-state index in [2.05, 4.69) is 17.4 Å². The van der Waals surface area contributed by atoms with Gasteiger partial charge in [-0.25, -0.2) is 9.59 Å². The van der Waals surface area contributed by atoms with Crippen molar-refractivity contribution in [3.8, 4) is 11.1 Å². The number of anilines is 1. The molecule has 0 saturated carbocycles. The maximum atomic E-state index is 12.6. The van der Waals surface area contributed by atoms with Gasteiger partial charge in [0.05, 0.1) is 0 Å². The van der Waals surface area contributed by atoms with Crippen molar-refractivity contribution in [3.05, 3.63) is 88.4 Å². The number of rotatable bonds is 7. The number of carboxylic acid groups (broad SMARTS) is 1. The van der Waals surface area contributed by atoms with Crippen molar-refractivity contribution < 1.29 is 19.4 Å². The van der Waals surface area contributed by atoms with Crippen LogP contribution in [0.15, 0.2) is 66.7 Å². The topological polar surface area (TPSA) is 78.9 Å². The van der Waals surface area contributed by atoms with Crippen molar-refractivity contribution >= 4 is 29.4 Å². The minimum atomic E-state index is -1.15. The Morgan fingerprint density at radius 3 is 2.21 bits per heavy atom. The molecule has 0 bridgehead atoms. The molecule has 0 aliphatic heterocycles. The Morgan fingerprint density at radius 2 is 1.64 bits per heavy atom. The van der Waals surface area contributed by atoms with Gasteiger partial charge in [0.25, 0.3) is 0 Å². The van der Waals surface area contributed by atoms with Gasteiger partial charge in [-0.3, -0.25) is 0 Å². The van der Waals surface area contributed by atoms with Crippen LogP contribution in [0.3, 0.4) is 0 Å². The highest BCUT2D eigenvalue weighted by Crippen LogP contribution is 2.44. The summed E-state index contributed by atoms with van der Waals surface area (Å²) in [5.41, 5.74) is 6.00. The van der Waals surface area contributed by atoms with E-state index in [0.29, 0.717) is 5.02 Å². The Bertz CT molecular complexity index is 1150. The van der Waals surface area contributed by atoms with E-state index >= 15 is 0 Å². The Morgan fingerprint density at radius 1 is 1.03 bits per heavy atom. The van der Waals surface area contributed by atoms with E-state index in [9.17, 15) is 14.7 Å². The first-order chi connectivity index (χ1) is 15.8. The van der Waals surface area contributed by atoms with E-state index in [0.717, 1.165) is 33.5 Å². The number of aliphatic carboxylic acids is 1. The van der Waals surface area contributed by atoms with Crippen molar-refractivity contribution in [3.63, 3.8) is 0 Å². The zero-order chi connectivity index (χ0) is 23.5. The number of halogens is 1. The summed E-state index contributed by atoms with van der Waals surface area (Å²) < 4.78 is 5.51. The van der Waals surface area contributed by atoms with E-state index in [1.165, 1.54) is 0 Å². The number of nitrogens with one attached hydrogen (secondary N) is 1. The van der Waals surface area contributed by atoms with Gasteiger partial charge in [-0.2, -0.15) is 0 Å². The Labute approximate surface area is 197 Å². The predicted molar refractivity (Wildman–Crippen MR) is 129 cm³/mol. The van der Waals surface area contributed by atoms with E-state index in [1.807, 2.05) is 61.5 Å². The molecule has 7 heteroatoms. The Balaban J connectivity index is 1.46. The number of fused-ring (bicyclic) bond motifs is 3. The standard InChI is InChI=1S/C26H25ClN2O4/c1-29(2)24-12-11-17(27)13-16(24)14-23(25(30)31)28-26(32)33-15-22-20-9-5-3-7-18(20)19-8-4-6-10-21(19)22/h3-13,22-23H,14-15H2,1-2H3,(H,28,32)(H,30,31)/t23-/m0/s1. The van der Waals surface area contributed by atoms with Crippen LogP contribution < -0.4 is 10.2 Å². The maximum absolute atomic E-state index is 12.6. The molecule has 1 amide bonds. The van der Waals surface area contributed by atoms with Gasteiger partial charge in [-0.05, 0) is 46.0 Å². The summed E-state index contributed by atoms with van der Waals surface area (Å²) in [4.78, 5) is 26.3. The second-order valence-corrected chi connectivity index (χ2v) is 8.67. The van der Waals surface area contributed by atoms with Crippen LogP contribution in [0, 0.1) is 0 Å². The third kappa shape index (κ3) is 4.81. The lowest BCUT2D eigenvalue weighted by Crippen LogP contribution is -2.43. The molecular formula is C26H25ClN2O4. The number of hydrogen-bond donors (Lipinski definition) is 2. The number of ether oxygens (including phenoxy) is 1. The molecule has 3 aromatic carbocycles. The molecule has 0 unspecified atom stereocenters. The fraction of sp³-hybridized carbons (Fsp3) is 0.231. The SMILES string of the molecule is CN(C)c1ccc(Cl)cc1C[C@H](NC(=O)OCC1c2ccccc2-c2ccccc21)C(=O)O. The second-order valence-electron chi connectivity index (χ2n) is 8.23. The van der Waals surface area contributed by atoms with Crippen LogP contribution in [0.2, 0.25) is 5.02 Å². The van der Waals surface area contributed by atoms with Crippen molar-refractivity contribution in [2.45, 2.75) is 18.4 Å². The first-order valence-electron chi connectivity index (χ1n) is 10.6. The van der Waals surface area contributed by atoms with E-state index in [-0.39, 0.29) is 18.9 Å². The molecule has 0 fully saturated rings. The molecule has 6 nitrogen and oxygen atoms in total. The molecule has 170 valence electrons. The van der Waals surface area contributed by atoms with Crippen molar-refractivity contribution in [1.82, 2.24) is 5.32 Å². The van der Waals surface area contributed by atoms with Crippen LogP contribution >= 0.6 is 11.6 Å². The number of alkyl carbamates (subject to hydrolysis) is 1. The summed E-state index contributed by atoms with van der Waals surface area (Å²) in [5, 5.41) is 12.7. The largest absolute Gasteiger partial charge is 0.480 e. The average Bonchev–Trinajstić information content (AvgIpc) is 3.11. The van der Waals surface area contributed by atoms with Gasteiger partial charge in [0.15, 0.2) is 0 Å². The van der Waals surface area contributed by atoms with Gasteiger partial charge in [-0.15, -0.1) is 0 Å². The van der Waals surface area contributed by atoms with Crippen LogP contribution in [-0.2, 0) is 16.0 Å². The number of hydrogen-bond acceptors (Lipinski definition) is 4. The molecule has 2 N–H and O–H groups in total. The monoisotopic (exact) mass is 464 g/mol. The van der Waals surface area contributed by atoms with Gasteiger partial charge in [0, 0.05) is 37.1 Å². The average molecular weight is 465 g/mol. The highest BCUT2D eigenvalue weighted by atomic mass is 35.5. The molecule has 1 atom stereocenters. The molecule has 0 radical (unpaired) electrons. The number of nitrogens with zero attached hydrogens (tertiary/aromatic N) is 1. The fourth-order valence-corrected chi connectivity index (χ4v) is 4.55. The quantitative estimate of drug-likeness (QED) is 0.517. The van der Waals surface area contributed by atoms with Gasteiger partial charge in [0.2, 0.25) is 0 Å². The van der Waals surface area contributed by atoms with E-state index in [1.54, 1.807) is 12.1 Å². The summed E-state index contributed by atoms with van der Waals surface area (Å²) >= 11 is 6.12. The molecule has 0 spiro atoms. The van der Waals surface area contributed by atoms with E-state index < -0.39 is 18.1 Å². The van der Waals surface area contributed by atoms with Gasteiger partial charge >= 0.3 is 12.1 Å². The molecule has 0 saturated heterocycles. The summed E-state index contributed by atoms with van der Waals surface area (Å²) in [6, 6.07) is 20.2. The Hall–Kier alpha value is -3.51. The second kappa shape index (κ2) is 9.55. The molecule has 3 aromatic rings. The summed E-state index contributed by atoms with van der Waals surface area (Å²) in [5.74, 6) is -1.24. The third-order valence-corrected chi connectivity index (χ3v) is 6.12. The van der Waals surface area contributed by atoms with Crippen molar-refractivity contribution in [2.75, 3.05) is 25.6 Å². The normalized spacial score (nSPS) is 13.1. The van der Waals surface area contributed by atoms with Gasteiger partial charge < -0.3 is 20.1 Å². The van der Waals surface area contributed by atoms with Gasteiger partial charge in [-0.1, -0.05) is 60.1 Å². The van der Waals surface area contributed by atoms with Gasteiger partial charge in [0.1, 0.15) is 12.6 Å².